The van der Waals surface area contributed by atoms with Crippen LogP contribution in [0.15, 0.2) is 12.3 Å². The van der Waals surface area contributed by atoms with Crippen molar-refractivity contribution in [2.45, 2.75) is 26.8 Å². The maximum Gasteiger partial charge on any atom is 0.122 e. The first-order chi connectivity index (χ1) is 7.09. The van der Waals surface area contributed by atoms with Gasteiger partial charge in [-0.2, -0.15) is 5.10 Å². The number of hydrogen-bond acceptors (Lipinski definition) is 4. The summed E-state index contributed by atoms with van der Waals surface area (Å²) in [7, 11) is 0. The second kappa shape index (κ2) is 3.66. The number of thiazole rings is 1. The molecule has 2 aromatic rings. The molecular weight excluding hydrogens is 208 g/mol. The van der Waals surface area contributed by atoms with E-state index in [1.807, 2.05) is 18.5 Å². The number of nitrogen functional groups attached to an aromatic ring is 1. The Balaban J connectivity index is 2.40. The highest BCUT2D eigenvalue weighted by molar-refractivity contribution is 7.11. The first-order valence-corrected chi connectivity index (χ1v) is 5.64. The molecule has 2 rings (SSSR count). The van der Waals surface area contributed by atoms with Crippen LogP contribution in [-0.2, 0) is 0 Å². The Morgan fingerprint density at radius 1 is 1.47 bits per heavy atom. The van der Waals surface area contributed by atoms with E-state index in [9.17, 15) is 0 Å². The van der Waals surface area contributed by atoms with E-state index in [-0.39, 0.29) is 6.04 Å². The normalized spacial score (nSPS) is 13.0. The Bertz CT molecular complexity index is 471. The highest BCUT2D eigenvalue weighted by atomic mass is 32.1. The third kappa shape index (κ3) is 1.74. The lowest BCUT2D eigenvalue weighted by Gasteiger charge is -2.12. The highest BCUT2D eigenvalue weighted by Crippen LogP contribution is 2.28. The predicted octanol–water partition coefficient (Wildman–Crippen LogP) is 2.15. The van der Waals surface area contributed by atoms with Gasteiger partial charge in [0.05, 0.1) is 27.8 Å². The fourth-order valence-electron chi connectivity index (χ4n) is 1.69. The molecule has 0 amide bonds. The summed E-state index contributed by atoms with van der Waals surface area (Å²) in [6.45, 7) is 6.12. The largest absolute Gasteiger partial charge is 0.384 e. The molecule has 1 atom stereocenters. The molecule has 0 aliphatic heterocycles. The van der Waals surface area contributed by atoms with E-state index >= 15 is 0 Å². The third-order valence-electron chi connectivity index (χ3n) is 2.39. The number of hydrogen-bond donors (Lipinski definition) is 1. The number of nitrogens with zero attached hydrogens (tertiary/aromatic N) is 3. The van der Waals surface area contributed by atoms with E-state index in [1.165, 1.54) is 4.88 Å². The summed E-state index contributed by atoms with van der Waals surface area (Å²) in [5, 5.41) is 5.30. The lowest BCUT2D eigenvalue weighted by Crippen LogP contribution is -2.10. The Kier molecular flexibility index (Phi) is 2.48. The van der Waals surface area contributed by atoms with Gasteiger partial charge in [0, 0.05) is 0 Å². The minimum absolute atomic E-state index is 0.159. The molecule has 5 heteroatoms. The zero-order chi connectivity index (χ0) is 11.0. The van der Waals surface area contributed by atoms with Crippen LogP contribution in [0.5, 0.6) is 0 Å². The van der Waals surface area contributed by atoms with Gasteiger partial charge in [-0.3, -0.25) is 0 Å². The smallest absolute Gasteiger partial charge is 0.122 e. The summed E-state index contributed by atoms with van der Waals surface area (Å²) >= 11 is 1.70. The highest BCUT2D eigenvalue weighted by Gasteiger charge is 2.16. The second-order valence-electron chi connectivity index (χ2n) is 3.56. The Morgan fingerprint density at radius 2 is 2.20 bits per heavy atom. The van der Waals surface area contributed by atoms with Crippen LogP contribution in [0.2, 0.25) is 0 Å². The summed E-state index contributed by atoms with van der Waals surface area (Å²) < 4.78 is 1.82. The van der Waals surface area contributed by atoms with E-state index in [1.54, 1.807) is 23.6 Å². The summed E-state index contributed by atoms with van der Waals surface area (Å²) in [6.07, 6.45) is 1.72. The van der Waals surface area contributed by atoms with Gasteiger partial charge in [-0.1, -0.05) is 0 Å². The second-order valence-corrected chi connectivity index (χ2v) is 4.79. The van der Waals surface area contributed by atoms with Gasteiger partial charge < -0.3 is 5.73 Å². The summed E-state index contributed by atoms with van der Waals surface area (Å²) in [4.78, 5) is 5.63. The molecule has 0 saturated heterocycles. The molecule has 0 bridgehead atoms. The molecular formula is C10H14N4S. The Hall–Kier alpha value is -1.36. The number of aryl methyl sites for hydroxylation is 2. The molecule has 0 aromatic carbocycles. The van der Waals surface area contributed by atoms with Gasteiger partial charge >= 0.3 is 0 Å². The molecule has 2 heterocycles. The van der Waals surface area contributed by atoms with Gasteiger partial charge in [-0.15, -0.1) is 11.3 Å². The summed E-state index contributed by atoms with van der Waals surface area (Å²) in [6, 6.07) is 1.96. The van der Waals surface area contributed by atoms with Gasteiger partial charge in [-0.25, -0.2) is 9.67 Å². The third-order valence-corrected chi connectivity index (χ3v) is 3.63. The molecule has 0 saturated carbocycles. The van der Waals surface area contributed by atoms with Crippen LogP contribution in [0.4, 0.5) is 5.82 Å². The molecule has 80 valence electrons. The topological polar surface area (TPSA) is 56.7 Å². The van der Waals surface area contributed by atoms with Crippen LogP contribution < -0.4 is 5.73 Å². The molecule has 0 radical (unpaired) electrons. The quantitative estimate of drug-likeness (QED) is 0.847. The van der Waals surface area contributed by atoms with Crippen LogP contribution >= 0.6 is 11.3 Å². The van der Waals surface area contributed by atoms with Crippen molar-refractivity contribution in [3.63, 3.8) is 0 Å². The van der Waals surface area contributed by atoms with E-state index in [4.69, 9.17) is 5.73 Å². The predicted molar refractivity (Wildman–Crippen MR) is 62.0 cm³/mol. The fourth-order valence-corrected chi connectivity index (χ4v) is 2.66. The Labute approximate surface area is 92.8 Å². The molecule has 0 aliphatic carbocycles. The number of nitrogens with two attached hydrogens (primary N) is 1. The van der Waals surface area contributed by atoms with Crippen molar-refractivity contribution in [2.75, 3.05) is 5.73 Å². The molecule has 0 fully saturated rings. The van der Waals surface area contributed by atoms with Gasteiger partial charge in [0.1, 0.15) is 5.82 Å². The lowest BCUT2D eigenvalue weighted by atomic mass is 10.2. The monoisotopic (exact) mass is 222 g/mol. The van der Waals surface area contributed by atoms with Crippen molar-refractivity contribution in [3.05, 3.63) is 27.8 Å². The van der Waals surface area contributed by atoms with Crippen molar-refractivity contribution < 1.29 is 0 Å². The molecule has 1 unspecified atom stereocenters. The van der Waals surface area contributed by atoms with Crippen molar-refractivity contribution in [2.24, 2.45) is 0 Å². The molecule has 2 aromatic heterocycles. The molecule has 4 nitrogen and oxygen atoms in total. The zero-order valence-corrected chi connectivity index (χ0v) is 9.88. The van der Waals surface area contributed by atoms with E-state index in [2.05, 4.69) is 17.0 Å². The van der Waals surface area contributed by atoms with Crippen LogP contribution in [0.1, 0.15) is 28.5 Å². The Morgan fingerprint density at radius 3 is 2.67 bits per heavy atom. The molecule has 0 aliphatic rings. The minimum Gasteiger partial charge on any atom is -0.384 e. The minimum atomic E-state index is 0.159. The van der Waals surface area contributed by atoms with Gasteiger partial charge in [0.25, 0.3) is 0 Å². The standard InChI is InChI=1S/C10H14N4S/c1-6-10(15-8(3)13-6)7(2)14-9(11)4-5-12-14/h4-5,7H,11H2,1-3H3. The van der Waals surface area contributed by atoms with E-state index in [0.29, 0.717) is 5.82 Å². The lowest BCUT2D eigenvalue weighted by molar-refractivity contribution is 0.578. The van der Waals surface area contributed by atoms with Gasteiger partial charge in [-0.05, 0) is 26.8 Å². The number of rotatable bonds is 2. The average molecular weight is 222 g/mol. The maximum absolute atomic E-state index is 5.82. The van der Waals surface area contributed by atoms with E-state index in [0.717, 1.165) is 10.7 Å². The molecule has 15 heavy (non-hydrogen) atoms. The van der Waals surface area contributed by atoms with Crippen LogP contribution in [-0.4, -0.2) is 14.8 Å². The summed E-state index contributed by atoms with van der Waals surface area (Å²) in [5.41, 5.74) is 6.89. The van der Waals surface area contributed by atoms with Crippen molar-refractivity contribution in [1.82, 2.24) is 14.8 Å². The van der Waals surface area contributed by atoms with E-state index < -0.39 is 0 Å². The average Bonchev–Trinajstić information content (AvgIpc) is 2.71. The fraction of sp³-hybridized carbons (Fsp3) is 0.400. The zero-order valence-electron chi connectivity index (χ0n) is 9.06. The number of aromatic nitrogens is 3. The van der Waals surface area contributed by atoms with Gasteiger partial charge in [0.15, 0.2) is 0 Å². The molecule has 0 spiro atoms. The first-order valence-electron chi connectivity index (χ1n) is 4.82. The van der Waals surface area contributed by atoms with Crippen LogP contribution in [0.25, 0.3) is 0 Å². The number of anilines is 1. The first kappa shape index (κ1) is 10.2. The van der Waals surface area contributed by atoms with Crippen LogP contribution in [0, 0.1) is 13.8 Å². The summed E-state index contributed by atoms with van der Waals surface area (Å²) in [5.74, 6) is 0.688. The van der Waals surface area contributed by atoms with Crippen molar-refractivity contribution in [1.29, 1.82) is 0 Å². The maximum atomic E-state index is 5.82. The molecule has 2 N–H and O–H groups in total. The van der Waals surface area contributed by atoms with Crippen molar-refractivity contribution in [3.8, 4) is 0 Å². The van der Waals surface area contributed by atoms with Crippen molar-refractivity contribution >= 4 is 17.2 Å². The van der Waals surface area contributed by atoms with Gasteiger partial charge in [0.2, 0.25) is 0 Å². The SMILES string of the molecule is Cc1nc(C)c(C(C)n2nccc2N)s1. The van der Waals surface area contributed by atoms with Crippen LogP contribution in [0.3, 0.4) is 0 Å².